The van der Waals surface area contributed by atoms with Crippen LogP contribution in [0.3, 0.4) is 0 Å². The Morgan fingerprint density at radius 3 is 2.76 bits per heavy atom. The molecule has 1 radical (unpaired) electrons. The summed E-state index contributed by atoms with van der Waals surface area (Å²) in [6.07, 6.45) is 1.99. The van der Waals surface area contributed by atoms with Gasteiger partial charge in [0.05, 0.1) is 0 Å². The second-order valence-corrected chi connectivity index (χ2v) is 6.04. The van der Waals surface area contributed by atoms with Crippen LogP contribution in [0, 0.1) is 13.0 Å². The van der Waals surface area contributed by atoms with Crippen molar-refractivity contribution in [1.29, 1.82) is 0 Å². The Balaban J connectivity index is 0.00000220. The van der Waals surface area contributed by atoms with Gasteiger partial charge in [-0.15, -0.1) is 17.8 Å². The SMILES string of the molecule is CSCOc1ccc(-c2[c-]cc(C)c(=O)n2C)c(Br)c1.[Y]. The summed E-state index contributed by atoms with van der Waals surface area (Å²) >= 11 is 5.15. The minimum Gasteiger partial charge on any atom is -0.483 e. The van der Waals surface area contributed by atoms with E-state index in [-0.39, 0.29) is 38.3 Å². The zero-order valence-corrected chi connectivity index (χ0v) is 17.4. The summed E-state index contributed by atoms with van der Waals surface area (Å²) in [4.78, 5) is 12.0. The molecule has 0 spiro atoms. The topological polar surface area (TPSA) is 31.2 Å². The third-order valence-corrected chi connectivity index (χ3v) is 3.95. The van der Waals surface area contributed by atoms with Gasteiger partial charge >= 0.3 is 0 Å². The molecule has 0 bridgehead atoms. The molecule has 109 valence electrons. The van der Waals surface area contributed by atoms with Gasteiger partial charge in [0, 0.05) is 39.8 Å². The Bertz CT molecular complexity index is 688. The van der Waals surface area contributed by atoms with Crippen molar-refractivity contribution in [1.82, 2.24) is 4.57 Å². The summed E-state index contributed by atoms with van der Waals surface area (Å²) in [5, 5.41) is 0. The van der Waals surface area contributed by atoms with Crippen molar-refractivity contribution in [3.05, 3.63) is 50.7 Å². The van der Waals surface area contributed by atoms with Crippen molar-refractivity contribution in [3.63, 3.8) is 0 Å². The van der Waals surface area contributed by atoms with Crippen molar-refractivity contribution in [2.75, 3.05) is 12.2 Å². The normalized spacial score (nSPS) is 10.1. The van der Waals surface area contributed by atoms with Crippen LogP contribution in [-0.4, -0.2) is 16.8 Å². The van der Waals surface area contributed by atoms with Crippen LogP contribution in [0.2, 0.25) is 0 Å². The first-order valence-corrected chi connectivity index (χ1v) is 8.23. The van der Waals surface area contributed by atoms with Crippen LogP contribution in [-0.2, 0) is 39.8 Å². The van der Waals surface area contributed by atoms with Crippen LogP contribution in [0.4, 0.5) is 0 Å². The molecular weight excluding hydrogens is 427 g/mol. The first-order valence-electron chi connectivity index (χ1n) is 6.04. The number of ether oxygens (including phenoxy) is 1. The second kappa shape index (κ2) is 8.51. The number of hydrogen-bond acceptors (Lipinski definition) is 3. The number of halogens is 1. The minimum absolute atomic E-state index is 0. The summed E-state index contributed by atoms with van der Waals surface area (Å²) < 4.78 is 8.04. The molecule has 0 aliphatic carbocycles. The van der Waals surface area contributed by atoms with Crippen molar-refractivity contribution in [2.45, 2.75) is 6.92 Å². The van der Waals surface area contributed by atoms with Crippen LogP contribution in [0.5, 0.6) is 5.75 Å². The number of hydrogen-bond donors (Lipinski definition) is 0. The molecule has 3 nitrogen and oxygen atoms in total. The Kier molecular flexibility index (Phi) is 7.68. The van der Waals surface area contributed by atoms with E-state index in [1.165, 1.54) is 0 Å². The van der Waals surface area contributed by atoms with Crippen LogP contribution in [0.1, 0.15) is 5.56 Å². The van der Waals surface area contributed by atoms with Crippen molar-refractivity contribution in [2.24, 2.45) is 7.05 Å². The summed E-state index contributed by atoms with van der Waals surface area (Å²) in [7, 11) is 1.76. The Labute approximate surface area is 162 Å². The molecule has 0 atom stereocenters. The van der Waals surface area contributed by atoms with Crippen LogP contribution >= 0.6 is 27.7 Å². The number of rotatable bonds is 4. The van der Waals surface area contributed by atoms with Crippen LogP contribution in [0.25, 0.3) is 11.3 Å². The Morgan fingerprint density at radius 2 is 2.14 bits per heavy atom. The van der Waals surface area contributed by atoms with Gasteiger partial charge in [-0.05, 0) is 22.9 Å². The maximum atomic E-state index is 12.0. The minimum atomic E-state index is -0.00615. The van der Waals surface area contributed by atoms with Crippen molar-refractivity contribution >= 4 is 27.7 Å². The van der Waals surface area contributed by atoms with Gasteiger partial charge in [-0.3, -0.25) is 4.79 Å². The first kappa shape index (κ1) is 19.0. The molecule has 0 fully saturated rings. The molecule has 2 aromatic rings. The number of thioether (sulfide) groups is 1. The van der Waals surface area contributed by atoms with Crippen molar-refractivity contribution in [3.8, 4) is 17.0 Å². The fourth-order valence-electron chi connectivity index (χ4n) is 1.86. The fraction of sp³-hybridized carbons (Fsp3) is 0.267. The maximum Gasteiger partial charge on any atom is 0.197 e. The molecular formula is C15H15BrNO2SY-. The Hall–Kier alpha value is -0.0961. The molecule has 0 aliphatic rings. The molecule has 6 heteroatoms. The van der Waals surface area contributed by atoms with Crippen molar-refractivity contribution < 1.29 is 37.4 Å². The zero-order valence-electron chi connectivity index (χ0n) is 12.1. The molecule has 1 aromatic carbocycles. The van der Waals surface area contributed by atoms with E-state index < -0.39 is 0 Å². The van der Waals surface area contributed by atoms with Gasteiger partial charge in [0.15, 0.2) is 5.56 Å². The average Bonchev–Trinajstić information content (AvgIpc) is 2.44. The summed E-state index contributed by atoms with van der Waals surface area (Å²) in [6.45, 7) is 1.79. The van der Waals surface area contributed by atoms with Gasteiger partial charge in [0.25, 0.3) is 0 Å². The number of pyridine rings is 1. The molecule has 1 heterocycles. The van der Waals surface area contributed by atoms with E-state index in [0.717, 1.165) is 21.5 Å². The maximum absolute atomic E-state index is 12.0. The first-order chi connectivity index (χ1) is 9.54. The number of aromatic nitrogens is 1. The number of benzene rings is 1. The molecule has 2 rings (SSSR count). The quantitative estimate of drug-likeness (QED) is 0.536. The molecule has 0 N–H and O–H groups in total. The van der Waals surface area contributed by atoms with E-state index in [4.69, 9.17) is 4.74 Å². The van der Waals surface area contributed by atoms with E-state index in [1.807, 2.05) is 24.5 Å². The van der Waals surface area contributed by atoms with Gasteiger partial charge in [0.1, 0.15) is 11.7 Å². The van der Waals surface area contributed by atoms with E-state index in [9.17, 15) is 4.79 Å². The average molecular weight is 442 g/mol. The summed E-state index contributed by atoms with van der Waals surface area (Å²) in [5.41, 5.74) is 2.35. The summed E-state index contributed by atoms with van der Waals surface area (Å²) in [6, 6.07) is 10.6. The molecule has 0 aliphatic heterocycles. The predicted molar refractivity (Wildman–Crippen MR) is 87.4 cm³/mol. The smallest absolute Gasteiger partial charge is 0.197 e. The third-order valence-electron chi connectivity index (χ3n) is 2.94. The number of nitrogens with zero attached hydrogens (tertiary/aromatic N) is 1. The third kappa shape index (κ3) is 4.44. The Morgan fingerprint density at radius 1 is 1.43 bits per heavy atom. The molecule has 0 amide bonds. The van der Waals surface area contributed by atoms with Crippen LogP contribution in [0.15, 0.2) is 33.5 Å². The molecule has 0 saturated carbocycles. The standard InChI is InChI=1S/C15H15BrNO2S.Y/c1-10-4-7-14(17(2)15(10)18)12-6-5-11(8-13(12)16)19-9-20-3;/h4-6,8H,9H2,1-3H3;/q-1;. The fourth-order valence-corrected chi connectivity index (χ4v) is 2.66. The second-order valence-electron chi connectivity index (χ2n) is 4.38. The molecule has 1 aromatic heterocycles. The van der Waals surface area contributed by atoms with E-state index in [1.54, 1.807) is 36.4 Å². The van der Waals surface area contributed by atoms with E-state index >= 15 is 0 Å². The van der Waals surface area contributed by atoms with Gasteiger partial charge in [0.2, 0.25) is 0 Å². The van der Waals surface area contributed by atoms with E-state index in [2.05, 4.69) is 22.0 Å². The van der Waals surface area contributed by atoms with Gasteiger partial charge < -0.3 is 9.30 Å². The largest absolute Gasteiger partial charge is 0.483 e. The summed E-state index contributed by atoms with van der Waals surface area (Å²) in [5.74, 6) is 1.41. The monoisotopic (exact) mass is 441 g/mol. The predicted octanol–water partition coefficient (Wildman–Crippen LogP) is 3.62. The van der Waals surface area contributed by atoms with Gasteiger partial charge in [-0.1, -0.05) is 39.7 Å². The molecule has 0 saturated heterocycles. The molecule has 21 heavy (non-hydrogen) atoms. The van der Waals surface area contributed by atoms with Gasteiger partial charge in [-0.25, -0.2) is 0 Å². The molecule has 0 unspecified atom stereocenters. The van der Waals surface area contributed by atoms with Crippen LogP contribution < -0.4 is 10.3 Å². The van der Waals surface area contributed by atoms with Gasteiger partial charge in [-0.2, -0.15) is 12.1 Å². The number of aryl methyl sites for hydroxylation is 1. The zero-order chi connectivity index (χ0) is 14.7. The van der Waals surface area contributed by atoms with E-state index in [0.29, 0.717) is 11.5 Å².